The second-order valence-corrected chi connectivity index (χ2v) is 6.86. The molecule has 3 N–H and O–H groups in total. The van der Waals surface area contributed by atoms with Gasteiger partial charge in [-0.3, -0.25) is 9.59 Å². The number of phenolic OH excluding ortho intramolecular Hbond substituents is 1. The smallest absolute Gasteiger partial charge is 0.271 e. The third kappa shape index (κ3) is 6.33. The van der Waals surface area contributed by atoms with E-state index in [1.807, 2.05) is 25.1 Å². The molecule has 0 spiro atoms. The molecule has 3 aromatic rings. The van der Waals surface area contributed by atoms with E-state index >= 15 is 0 Å². The van der Waals surface area contributed by atoms with Crippen LogP contribution in [0.1, 0.15) is 21.5 Å². The monoisotopic (exact) mass is 433 g/mol. The third-order valence-corrected chi connectivity index (χ3v) is 4.36. The lowest BCUT2D eigenvalue weighted by molar-refractivity contribution is -0.118. The van der Waals surface area contributed by atoms with Crippen molar-refractivity contribution in [1.29, 1.82) is 0 Å². The molecule has 0 fully saturated rings. The molecule has 0 radical (unpaired) electrons. The van der Waals surface area contributed by atoms with Crippen LogP contribution < -0.4 is 20.2 Å². The Balaban J connectivity index is 1.56. The van der Waals surface area contributed by atoms with Gasteiger partial charge >= 0.3 is 0 Å². The minimum atomic E-state index is -0.409. The van der Waals surface area contributed by atoms with Crippen LogP contribution in [0.25, 0.3) is 0 Å². The van der Waals surface area contributed by atoms with Gasteiger partial charge in [0, 0.05) is 11.3 Å². The molecule has 0 heterocycles. The zero-order valence-electron chi connectivity index (χ0n) is 17.7. The topological polar surface area (TPSA) is 109 Å². The molecule has 0 unspecified atom stereocenters. The van der Waals surface area contributed by atoms with Crippen molar-refractivity contribution in [2.24, 2.45) is 5.10 Å². The van der Waals surface area contributed by atoms with Crippen LogP contribution in [0.15, 0.2) is 71.8 Å². The molecular weight excluding hydrogens is 410 g/mol. The fourth-order valence-corrected chi connectivity index (χ4v) is 2.79. The van der Waals surface area contributed by atoms with Crippen LogP contribution in [0.2, 0.25) is 0 Å². The second kappa shape index (κ2) is 10.6. The predicted molar refractivity (Wildman–Crippen MR) is 121 cm³/mol. The van der Waals surface area contributed by atoms with Gasteiger partial charge < -0.3 is 19.9 Å². The Hall–Kier alpha value is -4.33. The highest BCUT2D eigenvalue weighted by Gasteiger charge is 2.09. The number of hydrazone groups is 1. The summed E-state index contributed by atoms with van der Waals surface area (Å²) in [4.78, 5) is 24.2. The summed E-state index contributed by atoms with van der Waals surface area (Å²) in [7, 11) is 1.49. The number of nitrogens with zero attached hydrogens (tertiary/aromatic N) is 1. The van der Waals surface area contributed by atoms with Crippen LogP contribution in [0.5, 0.6) is 17.2 Å². The van der Waals surface area contributed by atoms with E-state index in [-0.39, 0.29) is 18.3 Å². The van der Waals surface area contributed by atoms with Gasteiger partial charge in [-0.15, -0.1) is 0 Å². The number of ether oxygens (including phenoxy) is 2. The summed E-state index contributed by atoms with van der Waals surface area (Å²) in [5.41, 5.74) is 5.18. The summed E-state index contributed by atoms with van der Waals surface area (Å²) in [6.07, 6.45) is 1.45. The van der Waals surface area contributed by atoms with Crippen molar-refractivity contribution >= 4 is 23.7 Å². The summed E-state index contributed by atoms with van der Waals surface area (Å²) in [6, 6.07) is 18.3. The molecule has 3 aromatic carbocycles. The molecule has 0 saturated heterocycles. The van der Waals surface area contributed by atoms with E-state index in [1.165, 1.54) is 37.6 Å². The lowest BCUT2D eigenvalue weighted by Crippen LogP contribution is -2.20. The Morgan fingerprint density at radius 3 is 2.53 bits per heavy atom. The number of rotatable bonds is 8. The molecule has 0 aliphatic carbocycles. The van der Waals surface area contributed by atoms with E-state index < -0.39 is 5.91 Å². The van der Waals surface area contributed by atoms with Crippen LogP contribution in [0.4, 0.5) is 5.69 Å². The van der Waals surface area contributed by atoms with Crippen molar-refractivity contribution in [3.63, 3.8) is 0 Å². The normalized spacial score (nSPS) is 10.6. The Bertz CT molecular complexity index is 1130. The standard InChI is InChI=1S/C24H23N3O5/c1-16-4-3-5-19(12-16)26-23(29)15-32-21-11-6-17(13-22(21)31-2)14-25-27-24(30)18-7-9-20(28)10-8-18/h3-14,28H,15H2,1-2H3,(H,26,29)(H,27,30)/b25-14+. The number of nitrogens with one attached hydrogen (secondary N) is 2. The number of aryl methyl sites for hydroxylation is 1. The molecule has 164 valence electrons. The lowest BCUT2D eigenvalue weighted by Gasteiger charge is -2.11. The van der Waals surface area contributed by atoms with Crippen molar-refractivity contribution in [1.82, 2.24) is 5.43 Å². The molecule has 32 heavy (non-hydrogen) atoms. The Kier molecular flexibility index (Phi) is 7.42. The van der Waals surface area contributed by atoms with Gasteiger partial charge in [-0.2, -0.15) is 5.10 Å². The van der Waals surface area contributed by atoms with Crippen LogP contribution in [0, 0.1) is 6.92 Å². The van der Waals surface area contributed by atoms with Crippen LogP contribution >= 0.6 is 0 Å². The van der Waals surface area contributed by atoms with E-state index in [4.69, 9.17) is 9.47 Å². The number of methoxy groups -OCH3 is 1. The Morgan fingerprint density at radius 2 is 1.81 bits per heavy atom. The molecule has 2 amide bonds. The van der Waals surface area contributed by atoms with Crippen LogP contribution in [-0.2, 0) is 4.79 Å². The van der Waals surface area contributed by atoms with Crippen molar-refractivity contribution in [3.05, 3.63) is 83.4 Å². The SMILES string of the molecule is COc1cc(/C=N/NC(=O)c2ccc(O)cc2)ccc1OCC(=O)Nc1cccc(C)c1. The van der Waals surface area contributed by atoms with Crippen molar-refractivity contribution in [3.8, 4) is 17.2 Å². The molecule has 3 rings (SSSR count). The highest BCUT2D eigenvalue weighted by molar-refractivity contribution is 5.95. The average Bonchev–Trinajstić information content (AvgIpc) is 2.78. The van der Waals surface area contributed by atoms with Crippen molar-refractivity contribution in [2.75, 3.05) is 19.0 Å². The van der Waals surface area contributed by atoms with Gasteiger partial charge in [0.25, 0.3) is 11.8 Å². The fourth-order valence-electron chi connectivity index (χ4n) is 2.79. The van der Waals surface area contributed by atoms with Crippen LogP contribution in [-0.4, -0.2) is 36.9 Å². The number of carbonyl (C=O) groups excluding carboxylic acids is 2. The first-order valence-electron chi connectivity index (χ1n) is 9.74. The largest absolute Gasteiger partial charge is 0.508 e. The molecule has 0 aliphatic heterocycles. The molecule has 0 saturated carbocycles. The molecular formula is C24H23N3O5. The number of benzene rings is 3. The zero-order chi connectivity index (χ0) is 22.9. The molecule has 0 atom stereocenters. The quantitative estimate of drug-likeness (QED) is 0.372. The van der Waals surface area contributed by atoms with Gasteiger partial charge in [0.15, 0.2) is 18.1 Å². The maximum atomic E-state index is 12.2. The number of hydrogen-bond donors (Lipinski definition) is 3. The first kappa shape index (κ1) is 22.4. The maximum absolute atomic E-state index is 12.2. The van der Waals surface area contributed by atoms with Gasteiger partial charge in [0.1, 0.15) is 5.75 Å². The molecule has 0 aliphatic rings. The van der Waals surface area contributed by atoms with Crippen molar-refractivity contribution < 1.29 is 24.2 Å². The van der Waals surface area contributed by atoms with Gasteiger partial charge in [-0.05, 0) is 72.6 Å². The van der Waals surface area contributed by atoms with E-state index in [0.717, 1.165) is 5.56 Å². The second-order valence-electron chi connectivity index (χ2n) is 6.86. The first-order chi connectivity index (χ1) is 15.4. The number of anilines is 1. The summed E-state index contributed by atoms with van der Waals surface area (Å²) in [5, 5.41) is 16.0. The number of hydrogen-bond acceptors (Lipinski definition) is 6. The van der Waals surface area contributed by atoms with Gasteiger partial charge in [0.05, 0.1) is 13.3 Å². The summed E-state index contributed by atoms with van der Waals surface area (Å²) in [6.45, 7) is 1.76. The van der Waals surface area contributed by atoms with E-state index in [0.29, 0.717) is 28.3 Å². The molecule has 8 heteroatoms. The van der Waals surface area contributed by atoms with E-state index in [1.54, 1.807) is 24.3 Å². The van der Waals surface area contributed by atoms with E-state index in [9.17, 15) is 14.7 Å². The Labute approximate surface area is 185 Å². The minimum Gasteiger partial charge on any atom is -0.508 e. The van der Waals surface area contributed by atoms with Gasteiger partial charge in [0.2, 0.25) is 0 Å². The van der Waals surface area contributed by atoms with E-state index in [2.05, 4.69) is 15.8 Å². The summed E-state index contributed by atoms with van der Waals surface area (Å²) >= 11 is 0. The number of carbonyl (C=O) groups is 2. The highest BCUT2D eigenvalue weighted by atomic mass is 16.5. The first-order valence-corrected chi connectivity index (χ1v) is 9.74. The van der Waals surface area contributed by atoms with Gasteiger partial charge in [-0.1, -0.05) is 12.1 Å². The van der Waals surface area contributed by atoms with Crippen LogP contribution in [0.3, 0.4) is 0 Å². The number of phenols is 1. The fraction of sp³-hybridized carbons (Fsp3) is 0.125. The van der Waals surface area contributed by atoms with Crippen molar-refractivity contribution in [2.45, 2.75) is 6.92 Å². The lowest BCUT2D eigenvalue weighted by atomic mass is 10.2. The number of aromatic hydroxyl groups is 1. The zero-order valence-corrected chi connectivity index (χ0v) is 17.7. The third-order valence-electron chi connectivity index (χ3n) is 4.36. The summed E-state index contributed by atoms with van der Waals surface area (Å²) in [5.74, 6) is 0.194. The molecule has 0 aromatic heterocycles. The molecule has 8 nitrogen and oxygen atoms in total. The maximum Gasteiger partial charge on any atom is 0.271 e. The molecule has 0 bridgehead atoms. The number of amides is 2. The Morgan fingerprint density at radius 1 is 1.03 bits per heavy atom. The predicted octanol–water partition coefficient (Wildman–Crippen LogP) is 3.49. The highest BCUT2D eigenvalue weighted by Crippen LogP contribution is 2.27. The average molecular weight is 433 g/mol. The van der Waals surface area contributed by atoms with Gasteiger partial charge in [-0.25, -0.2) is 5.43 Å². The summed E-state index contributed by atoms with van der Waals surface area (Å²) < 4.78 is 10.9. The minimum absolute atomic E-state index is 0.0760.